The lowest BCUT2D eigenvalue weighted by atomic mass is 9.76. The lowest BCUT2D eigenvalue weighted by molar-refractivity contribution is 0.282. The van der Waals surface area contributed by atoms with Crippen LogP contribution >= 0.6 is 15.9 Å². The van der Waals surface area contributed by atoms with Gasteiger partial charge in [0.2, 0.25) is 0 Å². The lowest BCUT2D eigenvalue weighted by Gasteiger charge is -2.43. The van der Waals surface area contributed by atoms with E-state index in [0.29, 0.717) is 29.9 Å². The highest BCUT2D eigenvalue weighted by atomic mass is 79.9. The summed E-state index contributed by atoms with van der Waals surface area (Å²) in [6.45, 7) is 4.71. The second-order valence-electron chi connectivity index (χ2n) is 12.0. The number of nitrogens with zero attached hydrogens (tertiary/aromatic N) is 2. The molecule has 7 rings (SSSR count). The van der Waals surface area contributed by atoms with Crippen molar-refractivity contribution in [2.24, 2.45) is 4.99 Å². The number of ether oxygens (including phenoxy) is 2. The van der Waals surface area contributed by atoms with Crippen LogP contribution in [-0.2, 0) is 6.61 Å². The highest BCUT2D eigenvalue weighted by Crippen LogP contribution is 2.50. The zero-order chi connectivity index (χ0) is 30.8. The number of methoxy groups -OCH3 is 1. The zero-order valence-electron chi connectivity index (χ0n) is 25.7. The van der Waals surface area contributed by atoms with Gasteiger partial charge in [0, 0.05) is 36.8 Å². The molecule has 5 aromatic rings. The van der Waals surface area contributed by atoms with Crippen molar-refractivity contribution in [3.63, 3.8) is 0 Å². The summed E-state index contributed by atoms with van der Waals surface area (Å²) in [5.41, 5.74) is 11.2. The van der Waals surface area contributed by atoms with Crippen LogP contribution in [0.15, 0.2) is 119 Å². The molecule has 0 fully saturated rings. The van der Waals surface area contributed by atoms with Gasteiger partial charge in [-0.05, 0) is 93.3 Å². The summed E-state index contributed by atoms with van der Waals surface area (Å²) in [6, 6.07) is 38.9. The molecule has 4 nitrogen and oxygen atoms in total. The topological polar surface area (TPSA) is 34.1 Å². The molecule has 226 valence electrons. The van der Waals surface area contributed by atoms with Crippen LogP contribution in [0.3, 0.4) is 0 Å². The molecule has 0 spiro atoms. The Morgan fingerprint density at radius 1 is 0.800 bits per heavy atom. The summed E-state index contributed by atoms with van der Waals surface area (Å²) in [5.74, 6) is 2.05. The SMILES string of the molecule is COc1cc(C=Nc2cc3c4c(c2)[C@@H](c2ccccc2)CCN4CC[C@@H]3c2ccccc2)cc(Br)c1OCc1ccc(C)cc1. The van der Waals surface area contributed by atoms with Crippen LogP contribution < -0.4 is 14.4 Å². The molecule has 0 saturated carbocycles. The standard InChI is InChI=1S/C40H37BrN2O2/c1-27-13-15-28(16-14-27)26-45-40-37(41)21-29(22-38(40)44-2)25-42-32-23-35-33(30-9-5-3-6-10-30)17-19-43-20-18-34(36(24-32)39(35)43)31-11-7-4-8-12-31/h3-16,21-25,33-34H,17-20,26H2,1-2H3/t33-,34-/m1/s1. The third-order valence-electron chi connectivity index (χ3n) is 9.12. The maximum atomic E-state index is 6.20. The first-order valence-electron chi connectivity index (χ1n) is 15.7. The number of benzene rings is 5. The molecule has 5 heteroatoms. The molecule has 45 heavy (non-hydrogen) atoms. The number of aryl methyl sites for hydroxylation is 1. The van der Waals surface area contributed by atoms with Crippen molar-refractivity contribution in [3.05, 3.63) is 153 Å². The fraction of sp³-hybridized carbons (Fsp3) is 0.225. The van der Waals surface area contributed by atoms with Gasteiger partial charge in [-0.3, -0.25) is 4.99 Å². The summed E-state index contributed by atoms with van der Waals surface area (Å²) in [7, 11) is 1.68. The maximum absolute atomic E-state index is 6.20. The Kier molecular flexibility index (Phi) is 8.45. The molecular formula is C40H37BrN2O2. The molecule has 0 radical (unpaired) electrons. The summed E-state index contributed by atoms with van der Waals surface area (Å²) < 4.78 is 12.8. The van der Waals surface area contributed by atoms with Crippen LogP contribution in [0.5, 0.6) is 11.5 Å². The molecule has 2 heterocycles. The number of anilines is 1. The average Bonchev–Trinajstić information content (AvgIpc) is 3.08. The van der Waals surface area contributed by atoms with Crippen molar-refractivity contribution in [1.29, 1.82) is 0 Å². The minimum absolute atomic E-state index is 0.347. The van der Waals surface area contributed by atoms with Crippen LogP contribution in [0.2, 0.25) is 0 Å². The monoisotopic (exact) mass is 656 g/mol. The molecule has 0 aromatic heterocycles. The summed E-state index contributed by atoms with van der Waals surface area (Å²) in [5, 5.41) is 0. The number of rotatable bonds is 8. The molecule has 2 aliphatic heterocycles. The van der Waals surface area contributed by atoms with Crippen molar-refractivity contribution in [1.82, 2.24) is 0 Å². The average molecular weight is 658 g/mol. The largest absolute Gasteiger partial charge is 0.493 e. The molecule has 0 N–H and O–H groups in total. The van der Waals surface area contributed by atoms with E-state index in [2.05, 4.69) is 125 Å². The van der Waals surface area contributed by atoms with E-state index in [0.717, 1.165) is 47.2 Å². The number of halogens is 1. The number of aliphatic imine (C=N–C) groups is 1. The third kappa shape index (κ3) is 6.14. The van der Waals surface area contributed by atoms with Gasteiger partial charge in [-0.25, -0.2) is 0 Å². The van der Waals surface area contributed by atoms with Crippen molar-refractivity contribution < 1.29 is 9.47 Å². The maximum Gasteiger partial charge on any atom is 0.175 e. The Labute approximate surface area is 274 Å². The van der Waals surface area contributed by atoms with Crippen molar-refractivity contribution in [2.75, 3.05) is 25.1 Å². The van der Waals surface area contributed by atoms with Gasteiger partial charge in [0.1, 0.15) is 6.61 Å². The molecule has 0 amide bonds. The molecule has 2 aliphatic rings. The summed E-state index contributed by atoms with van der Waals surface area (Å²) in [6.07, 6.45) is 4.14. The Hall–Kier alpha value is -4.35. The van der Waals surface area contributed by atoms with E-state index in [1.54, 1.807) is 7.11 Å². The first-order chi connectivity index (χ1) is 22.1. The Morgan fingerprint density at radius 2 is 1.40 bits per heavy atom. The number of hydrogen-bond donors (Lipinski definition) is 0. The normalized spacial score (nSPS) is 17.3. The first kappa shape index (κ1) is 29.4. The zero-order valence-corrected chi connectivity index (χ0v) is 27.3. The molecule has 5 aromatic carbocycles. The molecule has 2 atom stereocenters. The second kappa shape index (κ2) is 12.9. The van der Waals surface area contributed by atoms with E-state index < -0.39 is 0 Å². The third-order valence-corrected chi connectivity index (χ3v) is 9.71. The van der Waals surface area contributed by atoms with E-state index >= 15 is 0 Å². The molecule has 0 saturated heterocycles. The molecule has 0 bridgehead atoms. The molecule has 0 unspecified atom stereocenters. The van der Waals surface area contributed by atoms with Crippen LogP contribution in [0, 0.1) is 6.92 Å². The fourth-order valence-electron chi connectivity index (χ4n) is 6.86. The molecular weight excluding hydrogens is 620 g/mol. The number of hydrogen-bond acceptors (Lipinski definition) is 4. The second-order valence-corrected chi connectivity index (χ2v) is 12.9. The van der Waals surface area contributed by atoms with Gasteiger partial charge in [-0.15, -0.1) is 0 Å². The van der Waals surface area contributed by atoms with Gasteiger partial charge >= 0.3 is 0 Å². The summed E-state index contributed by atoms with van der Waals surface area (Å²) in [4.78, 5) is 7.69. The van der Waals surface area contributed by atoms with Crippen LogP contribution in [0.1, 0.15) is 63.6 Å². The Balaban J connectivity index is 1.25. The van der Waals surface area contributed by atoms with E-state index in [1.165, 1.54) is 33.5 Å². The predicted molar refractivity (Wildman–Crippen MR) is 188 cm³/mol. The quantitative estimate of drug-likeness (QED) is 0.156. The Morgan fingerprint density at radius 3 is 1.98 bits per heavy atom. The minimum Gasteiger partial charge on any atom is -0.493 e. The van der Waals surface area contributed by atoms with Crippen LogP contribution in [0.4, 0.5) is 11.4 Å². The van der Waals surface area contributed by atoms with Gasteiger partial charge in [0.05, 0.1) is 17.3 Å². The Bertz CT molecular complexity index is 1750. The highest BCUT2D eigenvalue weighted by molar-refractivity contribution is 9.10. The van der Waals surface area contributed by atoms with Gasteiger partial charge in [-0.1, -0.05) is 90.5 Å². The van der Waals surface area contributed by atoms with Gasteiger partial charge in [-0.2, -0.15) is 0 Å². The molecule has 0 aliphatic carbocycles. The van der Waals surface area contributed by atoms with Crippen LogP contribution in [-0.4, -0.2) is 26.4 Å². The van der Waals surface area contributed by atoms with Crippen LogP contribution in [0.25, 0.3) is 0 Å². The van der Waals surface area contributed by atoms with Gasteiger partial charge in [0.25, 0.3) is 0 Å². The lowest BCUT2D eigenvalue weighted by Crippen LogP contribution is -2.37. The van der Waals surface area contributed by atoms with Crippen molar-refractivity contribution in [2.45, 2.75) is 38.2 Å². The van der Waals surface area contributed by atoms with E-state index in [1.807, 2.05) is 18.3 Å². The van der Waals surface area contributed by atoms with Crippen molar-refractivity contribution >= 4 is 33.5 Å². The predicted octanol–water partition coefficient (Wildman–Crippen LogP) is 9.97. The van der Waals surface area contributed by atoms with E-state index in [9.17, 15) is 0 Å². The van der Waals surface area contributed by atoms with E-state index in [-0.39, 0.29) is 0 Å². The first-order valence-corrected chi connectivity index (χ1v) is 16.5. The highest BCUT2D eigenvalue weighted by Gasteiger charge is 2.35. The van der Waals surface area contributed by atoms with E-state index in [4.69, 9.17) is 14.5 Å². The van der Waals surface area contributed by atoms with Gasteiger partial charge < -0.3 is 14.4 Å². The summed E-state index contributed by atoms with van der Waals surface area (Å²) >= 11 is 3.73. The van der Waals surface area contributed by atoms with Crippen molar-refractivity contribution in [3.8, 4) is 11.5 Å². The fourth-order valence-corrected chi connectivity index (χ4v) is 7.43. The smallest absolute Gasteiger partial charge is 0.175 e. The van der Waals surface area contributed by atoms with Gasteiger partial charge in [0.15, 0.2) is 11.5 Å². The minimum atomic E-state index is 0.347.